The number of ether oxygens (including phenoxy) is 2. The molecule has 4 nitrogen and oxygen atoms in total. The van der Waals surface area contributed by atoms with Crippen molar-refractivity contribution in [1.82, 2.24) is 0 Å². The zero-order valence-electron chi connectivity index (χ0n) is 11.8. The first-order chi connectivity index (χ1) is 8.63. The van der Waals surface area contributed by atoms with Crippen LogP contribution >= 0.6 is 0 Å². The zero-order valence-corrected chi connectivity index (χ0v) is 11.8. The summed E-state index contributed by atoms with van der Waals surface area (Å²) in [5.74, 6) is 1.78. The molecule has 0 saturated carbocycles. The second kappa shape index (κ2) is 7.19. The molecule has 0 unspecified atom stereocenters. The highest BCUT2D eigenvalue weighted by molar-refractivity contribution is 5.94. The van der Waals surface area contributed by atoms with Crippen LogP contribution in [0.25, 0.3) is 0 Å². The van der Waals surface area contributed by atoms with Gasteiger partial charge in [0, 0.05) is 0 Å². The van der Waals surface area contributed by atoms with Crippen LogP contribution in [0.15, 0.2) is 22.6 Å². The van der Waals surface area contributed by atoms with Gasteiger partial charge in [-0.15, -0.1) is 6.58 Å². The average Bonchev–Trinajstić information content (AvgIpc) is 2.32. The van der Waals surface area contributed by atoms with Gasteiger partial charge in [-0.25, -0.2) is 9.98 Å². The standard InChI is InChI=1S/C14H24N2O2/c1-6-9-11-13(17-7-2)16-12(10(4)5)14(15-11)18-8-3/h6,10-12H,1,7-9H2,2-5H3/t11-,12-/m0/s1. The second-order valence-electron chi connectivity index (χ2n) is 4.53. The van der Waals surface area contributed by atoms with E-state index in [0.29, 0.717) is 25.0 Å². The van der Waals surface area contributed by atoms with Crippen molar-refractivity contribution in [2.24, 2.45) is 15.9 Å². The molecule has 0 saturated heterocycles. The van der Waals surface area contributed by atoms with Crippen molar-refractivity contribution in [1.29, 1.82) is 0 Å². The molecule has 1 heterocycles. The minimum atomic E-state index is -0.0843. The maximum Gasteiger partial charge on any atom is 0.210 e. The maximum absolute atomic E-state index is 5.61. The Hall–Kier alpha value is -1.32. The summed E-state index contributed by atoms with van der Waals surface area (Å²) >= 11 is 0. The van der Waals surface area contributed by atoms with Gasteiger partial charge in [-0.2, -0.15) is 0 Å². The smallest absolute Gasteiger partial charge is 0.210 e. The molecule has 0 N–H and O–H groups in total. The number of rotatable bonds is 5. The summed E-state index contributed by atoms with van der Waals surface area (Å²) in [5, 5.41) is 0. The Morgan fingerprint density at radius 1 is 1.17 bits per heavy atom. The highest BCUT2D eigenvalue weighted by Crippen LogP contribution is 2.19. The third-order valence-electron chi connectivity index (χ3n) is 2.69. The maximum atomic E-state index is 5.61. The first-order valence-corrected chi connectivity index (χ1v) is 6.65. The molecular formula is C14H24N2O2. The minimum absolute atomic E-state index is 0.0347. The molecule has 1 aliphatic rings. The van der Waals surface area contributed by atoms with Crippen LogP contribution in [-0.4, -0.2) is 37.1 Å². The topological polar surface area (TPSA) is 43.2 Å². The summed E-state index contributed by atoms with van der Waals surface area (Å²) in [6, 6.07) is -0.119. The van der Waals surface area contributed by atoms with Crippen LogP contribution in [0.5, 0.6) is 0 Å². The minimum Gasteiger partial charge on any atom is -0.480 e. The Labute approximate surface area is 110 Å². The van der Waals surface area contributed by atoms with Crippen molar-refractivity contribution >= 4 is 11.8 Å². The molecule has 1 aliphatic heterocycles. The van der Waals surface area contributed by atoms with E-state index in [4.69, 9.17) is 9.47 Å². The summed E-state index contributed by atoms with van der Waals surface area (Å²) in [6.07, 6.45) is 2.56. The van der Waals surface area contributed by atoms with E-state index >= 15 is 0 Å². The van der Waals surface area contributed by atoms with E-state index in [2.05, 4.69) is 30.4 Å². The summed E-state index contributed by atoms with van der Waals surface area (Å²) in [5.41, 5.74) is 0. The monoisotopic (exact) mass is 252 g/mol. The van der Waals surface area contributed by atoms with Crippen molar-refractivity contribution < 1.29 is 9.47 Å². The van der Waals surface area contributed by atoms with Gasteiger partial charge in [-0.1, -0.05) is 19.9 Å². The van der Waals surface area contributed by atoms with E-state index in [-0.39, 0.29) is 12.1 Å². The molecule has 0 fully saturated rings. The Kier molecular flexibility index (Phi) is 5.89. The van der Waals surface area contributed by atoms with Crippen LogP contribution < -0.4 is 0 Å². The zero-order chi connectivity index (χ0) is 13.5. The van der Waals surface area contributed by atoms with Crippen LogP contribution in [0.3, 0.4) is 0 Å². The lowest BCUT2D eigenvalue weighted by Gasteiger charge is -2.27. The number of aliphatic imine (C=N–C) groups is 2. The fourth-order valence-corrected chi connectivity index (χ4v) is 1.86. The number of hydrogen-bond donors (Lipinski definition) is 0. The average molecular weight is 252 g/mol. The van der Waals surface area contributed by atoms with Crippen molar-refractivity contribution in [3.05, 3.63) is 12.7 Å². The summed E-state index contributed by atoms with van der Waals surface area (Å²) in [7, 11) is 0. The lowest BCUT2D eigenvalue weighted by atomic mass is 10.0. The van der Waals surface area contributed by atoms with E-state index in [1.807, 2.05) is 19.9 Å². The highest BCUT2D eigenvalue weighted by atomic mass is 16.5. The van der Waals surface area contributed by atoms with Crippen LogP contribution in [0.1, 0.15) is 34.1 Å². The molecule has 18 heavy (non-hydrogen) atoms. The van der Waals surface area contributed by atoms with Gasteiger partial charge in [0.15, 0.2) is 0 Å². The van der Waals surface area contributed by atoms with Crippen molar-refractivity contribution in [3.8, 4) is 0 Å². The fourth-order valence-electron chi connectivity index (χ4n) is 1.86. The van der Waals surface area contributed by atoms with E-state index in [0.717, 1.165) is 12.3 Å². The molecule has 1 rings (SSSR count). The van der Waals surface area contributed by atoms with Crippen molar-refractivity contribution in [2.45, 2.75) is 46.2 Å². The fraction of sp³-hybridized carbons (Fsp3) is 0.714. The summed E-state index contributed by atoms with van der Waals surface area (Å²) in [6.45, 7) is 13.1. The van der Waals surface area contributed by atoms with Gasteiger partial charge in [-0.3, -0.25) is 0 Å². The van der Waals surface area contributed by atoms with Gasteiger partial charge in [-0.05, 0) is 26.2 Å². The first-order valence-electron chi connectivity index (χ1n) is 6.65. The quantitative estimate of drug-likeness (QED) is 0.706. The van der Waals surface area contributed by atoms with Gasteiger partial charge < -0.3 is 9.47 Å². The molecule has 0 aromatic carbocycles. The molecular weight excluding hydrogens is 228 g/mol. The Morgan fingerprint density at radius 3 is 2.28 bits per heavy atom. The lowest BCUT2D eigenvalue weighted by Crippen LogP contribution is -2.38. The first kappa shape index (κ1) is 14.7. The summed E-state index contributed by atoms with van der Waals surface area (Å²) in [4.78, 5) is 9.29. The van der Waals surface area contributed by atoms with Crippen LogP contribution in [0, 0.1) is 5.92 Å². The molecule has 0 bridgehead atoms. The largest absolute Gasteiger partial charge is 0.480 e. The normalized spacial score (nSPS) is 23.4. The molecule has 0 aromatic heterocycles. The van der Waals surface area contributed by atoms with Crippen molar-refractivity contribution in [3.63, 3.8) is 0 Å². The van der Waals surface area contributed by atoms with Crippen LogP contribution in [0.4, 0.5) is 0 Å². The Morgan fingerprint density at radius 2 is 1.78 bits per heavy atom. The predicted octanol–water partition coefficient (Wildman–Crippen LogP) is 2.84. The summed E-state index contributed by atoms with van der Waals surface area (Å²) < 4.78 is 11.2. The molecule has 2 atom stereocenters. The Balaban J connectivity index is 2.96. The van der Waals surface area contributed by atoms with Crippen LogP contribution in [-0.2, 0) is 9.47 Å². The van der Waals surface area contributed by atoms with Gasteiger partial charge >= 0.3 is 0 Å². The van der Waals surface area contributed by atoms with E-state index < -0.39 is 0 Å². The van der Waals surface area contributed by atoms with Crippen LogP contribution in [0.2, 0.25) is 0 Å². The van der Waals surface area contributed by atoms with E-state index in [1.54, 1.807) is 0 Å². The van der Waals surface area contributed by atoms with E-state index in [9.17, 15) is 0 Å². The SMILES string of the molecule is C=CC[C@@H]1N=C(OCC)[C@H](C(C)C)N=C1OCC. The highest BCUT2D eigenvalue weighted by Gasteiger charge is 2.30. The predicted molar refractivity (Wildman–Crippen MR) is 75.4 cm³/mol. The van der Waals surface area contributed by atoms with Gasteiger partial charge in [0.05, 0.1) is 13.2 Å². The number of hydrogen-bond acceptors (Lipinski definition) is 4. The van der Waals surface area contributed by atoms with Crippen molar-refractivity contribution in [2.75, 3.05) is 13.2 Å². The van der Waals surface area contributed by atoms with Gasteiger partial charge in [0.1, 0.15) is 12.1 Å². The molecule has 0 radical (unpaired) electrons. The molecule has 102 valence electrons. The Bertz CT molecular complexity index is 335. The third kappa shape index (κ3) is 3.59. The molecule has 0 aliphatic carbocycles. The molecule has 0 spiro atoms. The molecule has 4 heteroatoms. The third-order valence-corrected chi connectivity index (χ3v) is 2.69. The van der Waals surface area contributed by atoms with Gasteiger partial charge in [0.2, 0.25) is 11.8 Å². The molecule has 0 aromatic rings. The van der Waals surface area contributed by atoms with E-state index in [1.165, 1.54) is 0 Å². The van der Waals surface area contributed by atoms with Gasteiger partial charge in [0.25, 0.3) is 0 Å². The second-order valence-corrected chi connectivity index (χ2v) is 4.53. The molecule has 0 amide bonds. The number of nitrogens with zero attached hydrogens (tertiary/aromatic N) is 2. The lowest BCUT2D eigenvalue weighted by molar-refractivity contribution is 0.276.